The van der Waals surface area contributed by atoms with Crippen LogP contribution in [0.3, 0.4) is 0 Å². The predicted octanol–water partition coefficient (Wildman–Crippen LogP) is 3.81. The standard InChI is InChI=1S/C14H17ClN2/c15-12-6-3-5-10-11(8-17-14(10)12)9-4-1-2-7-13(9)16/h3,5-6,8-9,13,17H,1-2,4,7,16H2/t9-,13+/m0/s1. The number of para-hydroxylation sites is 1. The van der Waals surface area contributed by atoms with Gasteiger partial charge in [-0.05, 0) is 24.5 Å². The van der Waals surface area contributed by atoms with Crippen LogP contribution >= 0.6 is 11.6 Å². The van der Waals surface area contributed by atoms with Gasteiger partial charge in [-0.3, -0.25) is 0 Å². The molecular formula is C14H17ClN2. The third-order valence-corrected chi connectivity index (χ3v) is 4.23. The minimum Gasteiger partial charge on any atom is -0.360 e. The Morgan fingerprint density at radius 2 is 2.06 bits per heavy atom. The second-order valence-electron chi connectivity index (χ2n) is 4.96. The summed E-state index contributed by atoms with van der Waals surface area (Å²) >= 11 is 6.18. The molecule has 0 amide bonds. The Kier molecular flexibility index (Phi) is 2.85. The SMILES string of the molecule is N[C@@H]1CCCC[C@H]1c1c[nH]c2c(Cl)cccc12. The molecule has 0 bridgehead atoms. The highest BCUT2D eigenvalue weighted by molar-refractivity contribution is 6.35. The Labute approximate surface area is 106 Å². The van der Waals surface area contributed by atoms with Crippen molar-refractivity contribution in [3.63, 3.8) is 0 Å². The lowest BCUT2D eigenvalue weighted by molar-refractivity contribution is 0.387. The summed E-state index contributed by atoms with van der Waals surface area (Å²) in [7, 11) is 0. The monoisotopic (exact) mass is 248 g/mol. The smallest absolute Gasteiger partial charge is 0.0647 e. The van der Waals surface area contributed by atoms with Gasteiger partial charge in [0, 0.05) is 23.5 Å². The van der Waals surface area contributed by atoms with E-state index < -0.39 is 0 Å². The highest BCUT2D eigenvalue weighted by Gasteiger charge is 2.25. The Balaban J connectivity index is 2.08. The molecule has 0 radical (unpaired) electrons. The molecule has 2 nitrogen and oxygen atoms in total. The molecule has 0 saturated heterocycles. The number of nitrogens with one attached hydrogen (secondary N) is 1. The van der Waals surface area contributed by atoms with E-state index in [9.17, 15) is 0 Å². The minimum absolute atomic E-state index is 0.293. The van der Waals surface area contributed by atoms with E-state index in [1.54, 1.807) is 0 Å². The predicted molar refractivity (Wildman–Crippen MR) is 72.5 cm³/mol. The van der Waals surface area contributed by atoms with Crippen molar-refractivity contribution in [3.8, 4) is 0 Å². The van der Waals surface area contributed by atoms with Gasteiger partial charge in [0.15, 0.2) is 0 Å². The number of fused-ring (bicyclic) bond motifs is 1. The first-order chi connectivity index (χ1) is 8.27. The second-order valence-corrected chi connectivity index (χ2v) is 5.37. The summed E-state index contributed by atoms with van der Waals surface area (Å²) in [5.41, 5.74) is 8.64. The summed E-state index contributed by atoms with van der Waals surface area (Å²) < 4.78 is 0. The van der Waals surface area contributed by atoms with Crippen molar-refractivity contribution in [2.75, 3.05) is 0 Å². The molecule has 0 unspecified atom stereocenters. The number of nitrogens with two attached hydrogens (primary N) is 1. The summed E-state index contributed by atoms with van der Waals surface area (Å²) in [5.74, 6) is 0.482. The van der Waals surface area contributed by atoms with Gasteiger partial charge in [-0.15, -0.1) is 0 Å². The molecule has 1 aliphatic rings. The number of aromatic amines is 1. The van der Waals surface area contributed by atoms with E-state index in [4.69, 9.17) is 17.3 Å². The lowest BCUT2D eigenvalue weighted by Gasteiger charge is -2.28. The lowest BCUT2D eigenvalue weighted by atomic mass is 9.80. The zero-order valence-corrected chi connectivity index (χ0v) is 10.5. The molecule has 0 spiro atoms. The molecule has 0 aliphatic heterocycles. The van der Waals surface area contributed by atoms with Crippen LogP contribution in [0.25, 0.3) is 10.9 Å². The summed E-state index contributed by atoms with van der Waals surface area (Å²) in [6.07, 6.45) is 6.97. The number of hydrogen-bond donors (Lipinski definition) is 2. The average Bonchev–Trinajstić information content (AvgIpc) is 2.75. The summed E-state index contributed by atoms with van der Waals surface area (Å²) in [6.45, 7) is 0. The second kappa shape index (κ2) is 4.35. The maximum atomic E-state index is 6.25. The van der Waals surface area contributed by atoms with E-state index in [1.165, 1.54) is 30.2 Å². The highest BCUT2D eigenvalue weighted by atomic mass is 35.5. The maximum Gasteiger partial charge on any atom is 0.0647 e. The molecule has 3 rings (SSSR count). The number of halogens is 1. The van der Waals surface area contributed by atoms with Gasteiger partial charge in [0.1, 0.15) is 0 Å². The molecule has 1 aromatic heterocycles. The summed E-state index contributed by atoms with van der Waals surface area (Å²) in [4.78, 5) is 3.29. The molecule has 1 saturated carbocycles. The van der Waals surface area contributed by atoms with Gasteiger partial charge in [0.25, 0.3) is 0 Å². The number of H-pyrrole nitrogens is 1. The molecule has 1 aromatic carbocycles. The van der Waals surface area contributed by atoms with Gasteiger partial charge in [0.05, 0.1) is 10.5 Å². The van der Waals surface area contributed by atoms with Crippen LogP contribution < -0.4 is 5.73 Å². The molecule has 2 atom stereocenters. The van der Waals surface area contributed by atoms with Gasteiger partial charge in [-0.1, -0.05) is 36.6 Å². The van der Waals surface area contributed by atoms with E-state index in [-0.39, 0.29) is 0 Å². The van der Waals surface area contributed by atoms with Crippen molar-refractivity contribution in [1.82, 2.24) is 4.98 Å². The molecule has 90 valence electrons. The van der Waals surface area contributed by atoms with Crippen LogP contribution in [-0.2, 0) is 0 Å². The fourth-order valence-electron chi connectivity index (χ4n) is 2.99. The third kappa shape index (κ3) is 1.85. The van der Waals surface area contributed by atoms with Crippen molar-refractivity contribution in [2.24, 2.45) is 5.73 Å². The lowest BCUT2D eigenvalue weighted by Crippen LogP contribution is -2.31. The van der Waals surface area contributed by atoms with Crippen LogP contribution in [-0.4, -0.2) is 11.0 Å². The van der Waals surface area contributed by atoms with Crippen molar-refractivity contribution in [1.29, 1.82) is 0 Å². The molecule has 3 heteroatoms. The van der Waals surface area contributed by atoms with E-state index in [1.807, 2.05) is 12.1 Å². The van der Waals surface area contributed by atoms with Crippen LogP contribution in [0.4, 0.5) is 0 Å². The number of hydrogen-bond acceptors (Lipinski definition) is 1. The molecule has 17 heavy (non-hydrogen) atoms. The van der Waals surface area contributed by atoms with Gasteiger partial charge in [-0.25, -0.2) is 0 Å². The van der Waals surface area contributed by atoms with Gasteiger partial charge >= 0.3 is 0 Å². The van der Waals surface area contributed by atoms with Crippen LogP contribution in [0.15, 0.2) is 24.4 Å². The van der Waals surface area contributed by atoms with Crippen molar-refractivity contribution in [3.05, 3.63) is 35.0 Å². The van der Waals surface area contributed by atoms with Gasteiger partial charge in [-0.2, -0.15) is 0 Å². The highest BCUT2D eigenvalue weighted by Crippen LogP contribution is 2.37. The number of aromatic nitrogens is 1. The van der Waals surface area contributed by atoms with Crippen LogP contribution in [0.1, 0.15) is 37.2 Å². The van der Waals surface area contributed by atoms with Crippen LogP contribution in [0.2, 0.25) is 5.02 Å². The Bertz CT molecular complexity index is 532. The maximum absolute atomic E-state index is 6.25. The third-order valence-electron chi connectivity index (χ3n) is 3.92. The number of benzene rings is 1. The molecule has 1 fully saturated rings. The first-order valence-electron chi connectivity index (χ1n) is 6.28. The normalized spacial score (nSPS) is 25.3. The fraction of sp³-hybridized carbons (Fsp3) is 0.429. The summed E-state index contributed by atoms with van der Waals surface area (Å²) in [6, 6.07) is 6.36. The Morgan fingerprint density at radius 1 is 1.24 bits per heavy atom. The van der Waals surface area contributed by atoms with Gasteiger partial charge in [0.2, 0.25) is 0 Å². The van der Waals surface area contributed by atoms with E-state index in [2.05, 4.69) is 17.2 Å². The van der Waals surface area contributed by atoms with Crippen LogP contribution in [0, 0.1) is 0 Å². The fourth-order valence-corrected chi connectivity index (χ4v) is 3.22. The molecular weight excluding hydrogens is 232 g/mol. The zero-order valence-electron chi connectivity index (χ0n) is 9.75. The van der Waals surface area contributed by atoms with Crippen LogP contribution in [0.5, 0.6) is 0 Å². The van der Waals surface area contributed by atoms with Gasteiger partial charge < -0.3 is 10.7 Å². The Hall–Kier alpha value is -0.990. The average molecular weight is 249 g/mol. The molecule has 1 heterocycles. The molecule has 2 aromatic rings. The van der Waals surface area contributed by atoms with Crippen molar-refractivity contribution < 1.29 is 0 Å². The topological polar surface area (TPSA) is 41.8 Å². The van der Waals surface area contributed by atoms with E-state index >= 15 is 0 Å². The van der Waals surface area contributed by atoms with E-state index in [0.717, 1.165) is 17.0 Å². The first kappa shape index (κ1) is 11.1. The summed E-state index contributed by atoms with van der Waals surface area (Å²) in [5, 5.41) is 2.03. The number of rotatable bonds is 1. The minimum atomic E-state index is 0.293. The molecule has 1 aliphatic carbocycles. The zero-order chi connectivity index (χ0) is 11.8. The Morgan fingerprint density at radius 3 is 2.88 bits per heavy atom. The first-order valence-corrected chi connectivity index (χ1v) is 6.66. The quantitative estimate of drug-likeness (QED) is 0.792. The molecule has 3 N–H and O–H groups in total. The van der Waals surface area contributed by atoms with E-state index in [0.29, 0.717) is 12.0 Å². The van der Waals surface area contributed by atoms with Crippen molar-refractivity contribution >= 4 is 22.5 Å². The van der Waals surface area contributed by atoms with Crippen molar-refractivity contribution in [2.45, 2.75) is 37.6 Å². The largest absolute Gasteiger partial charge is 0.360 e.